The van der Waals surface area contributed by atoms with Crippen molar-refractivity contribution in [1.29, 1.82) is 0 Å². The molecule has 1 amide bonds. The van der Waals surface area contributed by atoms with Crippen LogP contribution in [-0.4, -0.2) is 65.7 Å². The molecule has 2 aromatic rings. The highest BCUT2D eigenvalue weighted by atomic mass is 16.5. The smallest absolute Gasteiger partial charge is 0.253 e. The van der Waals surface area contributed by atoms with Gasteiger partial charge in [-0.05, 0) is 69.0 Å². The Morgan fingerprint density at radius 1 is 1.16 bits per heavy atom. The fraction of sp³-hybridized carbons (Fsp3) is 0.520. The van der Waals surface area contributed by atoms with Crippen LogP contribution >= 0.6 is 0 Å². The summed E-state index contributed by atoms with van der Waals surface area (Å²) in [6, 6.07) is 13.7. The average Bonchev–Trinajstić information content (AvgIpc) is 3.33. The summed E-state index contributed by atoms with van der Waals surface area (Å²) in [5.74, 6) is 0.897. The zero-order valence-electron chi connectivity index (χ0n) is 18.4. The Morgan fingerprint density at radius 3 is 2.61 bits per heavy atom. The van der Waals surface area contributed by atoms with Gasteiger partial charge in [0.1, 0.15) is 11.9 Å². The molecule has 3 heterocycles. The van der Waals surface area contributed by atoms with Gasteiger partial charge in [-0.15, -0.1) is 0 Å². The lowest BCUT2D eigenvalue weighted by molar-refractivity contribution is 0.0539. The first-order valence-electron chi connectivity index (χ1n) is 11.5. The maximum absolute atomic E-state index is 12.9. The minimum atomic E-state index is 0.0624. The topological polar surface area (TPSA) is 54.9 Å². The zero-order valence-corrected chi connectivity index (χ0v) is 18.4. The number of carbonyl (C=O) groups excluding carboxylic acids is 1. The third-order valence-electron chi connectivity index (χ3n) is 6.17. The normalized spacial score (nSPS) is 20.0. The van der Waals surface area contributed by atoms with Crippen molar-refractivity contribution >= 4 is 5.91 Å². The lowest BCUT2D eigenvalue weighted by Gasteiger charge is -2.32. The number of nitrogens with zero attached hydrogens (tertiary/aromatic N) is 3. The highest BCUT2D eigenvalue weighted by Crippen LogP contribution is 2.21. The SMILES string of the molecule is CCN(C[C@H]1CCCO1)C(=O)c1ccc(OC2CCN(Cc3ccccn3)CC2)cc1. The van der Waals surface area contributed by atoms with Crippen LogP contribution in [0.15, 0.2) is 48.7 Å². The van der Waals surface area contributed by atoms with E-state index in [1.165, 1.54) is 0 Å². The highest BCUT2D eigenvalue weighted by molar-refractivity contribution is 5.94. The molecule has 2 aliphatic rings. The number of hydrogen-bond donors (Lipinski definition) is 0. The molecule has 2 aliphatic heterocycles. The number of ether oxygens (including phenoxy) is 2. The number of rotatable bonds is 8. The van der Waals surface area contributed by atoms with Crippen LogP contribution in [0, 0.1) is 0 Å². The van der Waals surface area contributed by atoms with E-state index in [-0.39, 0.29) is 18.1 Å². The molecule has 2 saturated heterocycles. The molecule has 1 atom stereocenters. The van der Waals surface area contributed by atoms with E-state index >= 15 is 0 Å². The summed E-state index contributed by atoms with van der Waals surface area (Å²) in [4.78, 5) is 21.6. The second kappa shape index (κ2) is 10.7. The number of piperidine rings is 1. The van der Waals surface area contributed by atoms with Gasteiger partial charge in [0.25, 0.3) is 5.91 Å². The number of amides is 1. The van der Waals surface area contributed by atoms with Crippen LogP contribution in [-0.2, 0) is 11.3 Å². The maximum Gasteiger partial charge on any atom is 0.253 e. The Labute approximate surface area is 185 Å². The van der Waals surface area contributed by atoms with Gasteiger partial charge in [0.15, 0.2) is 0 Å². The molecule has 0 bridgehead atoms. The summed E-state index contributed by atoms with van der Waals surface area (Å²) in [6.45, 7) is 7.09. The number of likely N-dealkylation sites (tertiary alicyclic amines) is 1. The number of pyridine rings is 1. The Kier molecular flexibility index (Phi) is 7.54. The van der Waals surface area contributed by atoms with Gasteiger partial charge in [-0.1, -0.05) is 6.07 Å². The van der Waals surface area contributed by atoms with Crippen molar-refractivity contribution in [2.75, 3.05) is 32.8 Å². The Bertz CT molecular complexity index is 814. The summed E-state index contributed by atoms with van der Waals surface area (Å²) in [7, 11) is 0. The highest BCUT2D eigenvalue weighted by Gasteiger charge is 2.23. The zero-order chi connectivity index (χ0) is 21.5. The van der Waals surface area contributed by atoms with Crippen LogP contribution in [0.3, 0.4) is 0 Å². The first-order valence-corrected chi connectivity index (χ1v) is 11.5. The minimum Gasteiger partial charge on any atom is -0.490 e. The van der Waals surface area contributed by atoms with Crippen LogP contribution in [0.1, 0.15) is 48.7 Å². The van der Waals surface area contributed by atoms with E-state index in [4.69, 9.17) is 9.47 Å². The molecule has 1 aromatic carbocycles. The van der Waals surface area contributed by atoms with Gasteiger partial charge in [0.05, 0.1) is 11.8 Å². The van der Waals surface area contributed by atoms with Gasteiger partial charge in [-0.3, -0.25) is 14.7 Å². The van der Waals surface area contributed by atoms with Gasteiger partial charge < -0.3 is 14.4 Å². The number of hydrogen-bond acceptors (Lipinski definition) is 5. The van der Waals surface area contributed by atoms with Crippen molar-refractivity contribution in [2.24, 2.45) is 0 Å². The Morgan fingerprint density at radius 2 is 1.97 bits per heavy atom. The molecule has 2 fully saturated rings. The molecule has 0 radical (unpaired) electrons. The molecule has 31 heavy (non-hydrogen) atoms. The lowest BCUT2D eigenvalue weighted by Crippen LogP contribution is -2.38. The molecule has 6 nitrogen and oxygen atoms in total. The Hall–Kier alpha value is -2.44. The molecule has 0 N–H and O–H groups in total. The summed E-state index contributed by atoms with van der Waals surface area (Å²) >= 11 is 0. The van der Waals surface area contributed by atoms with Gasteiger partial charge in [-0.2, -0.15) is 0 Å². The molecule has 6 heteroatoms. The first kappa shape index (κ1) is 21.8. The van der Waals surface area contributed by atoms with Crippen molar-refractivity contribution < 1.29 is 14.3 Å². The molecule has 0 saturated carbocycles. The van der Waals surface area contributed by atoms with Crippen LogP contribution in [0.25, 0.3) is 0 Å². The largest absolute Gasteiger partial charge is 0.490 e. The minimum absolute atomic E-state index is 0.0624. The molecule has 166 valence electrons. The van der Waals surface area contributed by atoms with E-state index in [1.54, 1.807) is 0 Å². The number of carbonyl (C=O) groups is 1. The molecule has 0 aliphatic carbocycles. The second-order valence-electron chi connectivity index (χ2n) is 8.42. The monoisotopic (exact) mass is 423 g/mol. The predicted octanol–water partition coefficient (Wildman–Crippen LogP) is 3.77. The third kappa shape index (κ3) is 6.05. The van der Waals surface area contributed by atoms with Crippen LogP contribution < -0.4 is 4.74 Å². The fourth-order valence-corrected chi connectivity index (χ4v) is 4.35. The van der Waals surface area contributed by atoms with E-state index in [0.717, 1.165) is 63.4 Å². The molecule has 1 aromatic heterocycles. The molecular weight excluding hydrogens is 390 g/mol. The molecular formula is C25H33N3O3. The fourth-order valence-electron chi connectivity index (χ4n) is 4.35. The molecule has 4 rings (SSSR count). The summed E-state index contributed by atoms with van der Waals surface area (Å²) < 4.78 is 11.9. The van der Waals surface area contributed by atoms with Gasteiger partial charge in [0.2, 0.25) is 0 Å². The van der Waals surface area contributed by atoms with Crippen molar-refractivity contribution in [3.05, 3.63) is 59.9 Å². The van der Waals surface area contributed by atoms with E-state index in [0.29, 0.717) is 18.7 Å². The molecule has 0 unspecified atom stereocenters. The third-order valence-corrected chi connectivity index (χ3v) is 6.17. The maximum atomic E-state index is 12.9. The summed E-state index contributed by atoms with van der Waals surface area (Å²) in [5, 5.41) is 0. The Balaban J connectivity index is 1.25. The first-order chi connectivity index (χ1) is 15.2. The van der Waals surface area contributed by atoms with Crippen molar-refractivity contribution in [2.45, 2.75) is 51.4 Å². The summed E-state index contributed by atoms with van der Waals surface area (Å²) in [6.07, 6.45) is 6.36. The standard InChI is InChI=1S/C25H33N3O3/c1-2-28(19-24-7-5-17-30-24)25(29)20-8-10-22(11-9-20)31-23-12-15-27(16-13-23)18-21-6-3-4-14-26-21/h3-4,6,8-11,14,23-24H,2,5,7,12-13,15-19H2,1H3/t24-/m1/s1. The van der Waals surface area contributed by atoms with E-state index in [9.17, 15) is 4.79 Å². The van der Waals surface area contributed by atoms with Crippen molar-refractivity contribution in [3.63, 3.8) is 0 Å². The van der Waals surface area contributed by atoms with Crippen molar-refractivity contribution in [3.8, 4) is 5.75 Å². The second-order valence-corrected chi connectivity index (χ2v) is 8.42. The lowest BCUT2D eigenvalue weighted by atomic mass is 10.1. The predicted molar refractivity (Wildman–Crippen MR) is 120 cm³/mol. The van der Waals surface area contributed by atoms with E-state index < -0.39 is 0 Å². The van der Waals surface area contributed by atoms with Gasteiger partial charge in [0, 0.05) is 51.1 Å². The van der Waals surface area contributed by atoms with Gasteiger partial charge >= 0.3 is 0 Å². The van der Waals surface area contributed by atoms with Gasteiger partial charge in [-0.25, -0.2) is 0 Å². The van der Waals surface area contributed by atoms with Crippen LogP contribution in [0.4, 0.5) is 0 Å². The average molecular weight is 424 g/mol. The quantitative estimate of drug-likeness (QED) is 0.647. The molecule has 0 spiro atoms. The number of likely N-dealkylation sites (N-methyl/N-ethyl adjacent to an activating group) is 1. The van der Waals surface area contributed by atoms with Crippen LogP contribution in [0.5, 0.6) is 5.75 Å². The number of benzene rings is 1. The number of aromatic nitrogens is 1. The van der Waals surface area contributed by atoms with E-state index in [2.05, 4.69) is 16.0 Å². The van der Waals surface area contributed by atoms with E-state index in [1.807, 2.05) is 54.4 Å². The van der Waals surface area contributed by atoms with Crippen LogP contribution in [0.2, 0.25) is 0 Å². The van der Waals surface area contributed by atoms with Crippen molar-refractivity contribution in [1.82, 2.24) is 14.8 Å². The summed E-state index contributed by atoms with van der Waals surface area (Å²) in [5.41, 5.74) is 1.82.